The van der Waals surface area contributed by atoms with Gasteiger partial charge in [-0.1, -0.05) is 71.7 Å². The van der Waals surface area contributed by atoms with Crippen molar-refractivity contribution in [2.75, 3.05) is 0 Å². The van der Waals surface area contributed by atoms with Crippen molar-refractivity contribution < 1.29 is 4.79 Å². The molecule has 0 unspecified atom stereocenters. The Morgan fingerprint density at radius 2 is 1.41 bits per heavy atom. The summed E-state index contributed by atoms with van der Waals surface area (Å²) >= 11 is 13.2. The van der Waals surface area contributed by atoms with Gasteiger partial charge in [-0.05, 0) is 66.4 Å². The largest absolute Gasteiger partial charge is 0.268 e. The van der Waals surface area contributed by atoms with Gasteiger partial charge in [0.25, 0.3) is 5.91 Å². The second-order valence-electron chi connectivity index (χ2n) is 7.35. The molecule has 0 saturated carbocycles. The standard InChI is InChI=1S/C24H22Cl2N2O/c25-22-18(11-5-9-16-7-1-3-12-19(16)22)15-27-28-24(29)21-14-6-10-17-8-2-4-13-20(17)23(21)26/h1-4,7-8,12-13,15H,5-6,9-11,14H2,(H,28,29)/b27-15-. The van der Waals surface area contributed by atoms with Gasteiger partial charge in [0, 0.05) is 5.57 Å². The molecule has 0 aromatic heterocycles. The van der Waals surface area contributed by atoms with Crippen LogP contribution in [0.5, 0.6) is 0 Å². The van der Waals surface area contributed by atoms with Crippen molar-refractivity contribution in [2.24, 2.45) is 5.10 Å². The highest BCUT2D eigenvalue weighted by molar-refractivity contribution is 6.51. The third kappa shape index (κ3) is 4.31. The van der Waals surface area contributed by atoms with Crippen LogP contribution in [0.4, 0.5) is 0 Å². The molecular weight excluding hydrogens is 403 g/mol. The van der Waals surface area contributed by atoms with E-state index in [0.717, 1.165) is 48.8 Å². The number of nitrogens with one attached hydrogen (secondary N) is 1. The second-order valence-corrected chi connectivity index (χ2v) is 8.11. The van der Waals surface area contributed by atoms with Crippen molar-refractivity contribution in [1.29, 1.82) is 0 Å². The molecule has 4 rings (SSSR count). The average molecular weight is 425 g/mol. The minimum absolute atomic E-state index is 0.256. The molecule has 0 spiro atoms. The number of nitrogens with zero attached hydrogens (tertiary/aromatic N) is 1. The van der Waals surface area contributed by atoms with E-state index in [1.807, 2.05) is 36.4 Å². The molecule has 29 heavy (non-hydrogen) atoms. The summed E-state index contributed by atoms with van der Waals surface area (Å²) in [5, 5.41) is 5.42. The first-order valence-corrected chi connectivity index (χ1v) is 10.7. The molecule has 3 nitrogen and oxygen atoms in total. The fourth-order valence-corrected chi connectivity index (χ4v) is 4.65. The first-order chi connectivity index (χ1) is 14.1. The van der Waals surface area contributed by atoms with Gasteiger partial charge in [-0.3, -0.25) is 4.79 Å². The minimum atomic E-state index is -0.256. The number of hydrogen-bond donors (Lipinski definition) is 1. The molecular formula is C24H22Cl2N2O. The predicted molar refractivity (Wildman–Crippen MR) is 121 cm³/mol. The topological polar surface area (TPSA) is 41.5 Å². The highest BCUT2D eigenvalue weighted by Crippen LogP contribution is 2.33. The molecule has 0 fully saturated rings. The zero-order chi connectivity index (χ0) is 20.2. The number of aryl methyl sites for hydroxylation is 2. The SMILES string of the molecule is O=C(N/N=C\C1=C(Cl)c2ccccc2CCC1)C1=C(Cl)c2ccccc2CCC1. The lowest BCUT2D eigenvalue weighted by Gasteiger charge is -2.08. The minimum Gasteiger partial charge on any atom is -0.268 e. The number of allylic oxidation sites excluding steroid dienone is 1. The number of amides is 1. The van der Waals surface area contributed by atoms with Crippen LogP contribution in [0.1, 0.15) is 47.9 Å². The molecule has 0 heterocycles. The maximum Gasteiger partial charge on any atom is 0.268 e. The predicted octanol–water partition coefficient (Wildman–Crippen LogP) is 6.06. The van der Waals surface area contributed by atoms with Crippen molar-refractivity contribution in [3.8, 4) is 0 Å². The van der Waals surface area contributed by atoms with E-state index in [2.05, 4.69) is 22.7 Å². The zero-order valence-electron chi connectivity index (χ0n) is 16.1. The van der Waals surface area contributed by atoms with Gasteiger partial charge in [0.15, 0.2) is 0 Å². The second kappa shape index (κ2) is 8.98. The van der Waals surface area contributed by atoms with Crippen LogP contribution in [-0.4, -0.2) is 12.1 Å². The Morgan fingerprint density at radius 1 is 0.828 bits per heavy atom. The molecule has 0 radical (unpaired) electrons. The monoisotopic (exact) mass is 424 g/mol. The Balaban J connectivity index is 1.53. The molecule has 2 aliphatic rings. The summed E-state index contributed by atoms with van der Waals surface area (Å²) in [5.41, 5.74) is 8.58. The molecule has 5 heteroatoms. The quantitative estimate of drug-likeness (QED) is 0.471. The van der Waals surface area contributed by atoms with Crippen LogP contribution in [0, 0.1) is 0 Å². The summed E-state index contributed by atoms with van der Waals surface area (Å²) in [6.07, 6.45) is 6.90. The molecule has 1 N–H and O–H groups in total. The first-order valence-electron chi connectivity index (χ1n) is 9.92. The van der Waals surface area contributed by atoms with E-state index < -0.39 is 0 Å². The molecule has 148 valence electrons. The van der Waals surface area contributed by atoms with E-state index in [1.54, 1.807) is 6.21 Å². The van der Waals surface area contributed by atoms with Gasteiger partial charge in [-0.25, -0.2) is 5.43 Å². The lowest BCUT2D eigenvalue weighted by atomic mass is 10.0. The Hall–Kier alpha value is -2.36. The first kappa shape index (κ1) is 19.9. The molecule has 0 bridgehead atoms. The fraction of sp³-hybridized carbons (Fsp3) is 0.250. The van der Waals surface area contributed by atoms with Crippen LogP contribution in [-0.2, 0) is 17.6 Å². The Labute approximate surface area is 181 Å². The van der Waals surface area contributed by atoms with Gasteiger partial charge in [-0.15, -0.1) is 0 Å². The summed E-state index contributed by atoms with van der Waals surface area (Å²) in [6.45, 7) is 0. The van der Waals surface area contributed by atoms with Gasteiger partial charge in [0.05, 0.1) is 16.3 Å². The highest BCUT2D eigenvalue weighted by Gasteiger charge is 2.20. The van der Waals surface area contributed by atoms with E-state index >= 15 is 0 Å². The van der Waals surface area contributed by atoms with Crippen molar-refractivity contribution in [3.05, 3.63) is 81.9 Å². The van der Waals surface area contributed by atoms with E-state index in [9.17, 15) is 4.79 Å². The Kier molecular flexibility index (Phi) is 6.17. The molecule has 0 saturated heterocycles. The molecule has 2 aromatic carbocycles. The maximum absolute atomic E-state index is 12.7. The van der Waals surface area contributed by atoms with Crippen LogP contribution in [0.15, 0.2) is 64.8 Å². The van der Waals surface area contributed by atoms with Crippen molar-refractivity contribution in [1.82, 2.24) is 5.43 Å². The van der Waals surface area contributed by atoms with Crippen LogP contribution in [0.25, 0.3) is 10.1 Å². The van der Waals surface area contributed by atoms with Gasteiger partial charge >= 0.3 is 0 Å². The summed E-state index contributed by atoms with van der Waals surface area (Å²) < 4.78 is 0. The average Bonchev–Trinajstić information content (AvgIpc) is 3.01. The van der Waals surface area contributed by atoms with Crippen molar-refractivity contribution >= 4 is 45.4 Å². The Bertz CT molecular complexity index is 1040. The zero-order valence-corrected chi connectivity index (χ0v) is 17.6. The third-order valence-corrected chi connectivity index (χ3v) is 6.36. The maximum atomic E-state index is 12.7. The smallest absolute Gasteiger partial charge is 0.268 e. The summed E-state index contributed by atoms with van der Waals surface area (Å²) in [6, 6.07) is 16.1. The Morgan fingerprint density at radius 3 is 2.10 bits per heavy atom. The van der Waals surface area contributed by atoms with E-state index in [-0.39, 0.29) is 5.91 Å². The normalized spacial score (nSPS) is 16.9. The van der Waals surface area contributed by atoms with Gasteiger partial charge < -0.3 is 0 Å². The number of fused-ring (bicyclic) bond motifs is 2. The van der Waals surface area contributed by atoms with Gasteiger partial charge in [0.1, 0.15) is 0 Å². The number of carbonyl (C=O) groups excluding carboxylic acids is 1. The summed E-state index contributed by atoms with van der Waals surface area (Å²) in [7, 11) is 0. The number of benzene rings is 2. The molecule has 0 aliphatic heterocycles. The van der Waals surface area contributed by atoms with Crippen molar-refractivity contribution in [3.63, 3.8) is 0 Å². The van der Waals surface area contributed by atoms with Crippen LogP contribution in [0.3, 0.4) is 0 Å². The molecule has 2 aromatic rings. The van der Waals surface area contributed by atoms with Gasteiger partial charge in [0.2, 0.25) is 0 Å². The summed E-state index contributed by atoms with van der Waals surface area (Å²) in [4.78, 5) is 12.7. The highest BCUT2D eigenvalue weighted by atomic mass is 35.5. The fourth-order valence-electron chi connectivity index (χ4n) is 3.96. The van der Waals surface area contributed by atoms with Crippen LogP contribution >= 0.6 is 23.2 Å². The van der Waals surface area contributed by atoms with E-state index in [4.69, 9.17) is 23.2 Å². The van der Waals surface area contributed by atoms with E-state index in [0.29, 0.717) is 22.1 Å². The van der Waals surface area contributed by atoms with Crippen molar-refractivity contribution in [2.45, 2.75) is 38.5 Å². The molecule has 2 aliphatic carbocycles. The number of hydrazone groups is 1. The van der Waals surface area contributed by atoms with Crippen LogP contribution in [0.2, 0.25) is 0 Å². The molecule has 0 atom stereocenters. The lowest BCUT2D eigenvalue weighted by Crippen LogP contribution is -2.20. The van der Waals surface area contributed by atoms with E-state index in [1.165, 1.54) is 11.1 Å². The van der Waals surface area contributed by atoms with Crippen LogP contribution < -0.4 is 5.43 Å². The number of rotatable bonds is 3. The number of hydrogen-bond acceptors (Lipinski definition) is 2. The molecule has 1 amide bonds. The third-order valence-electron chi connectivity index (χ3n) is 5.48. The lowest BCUT2D eigenvalue weighted by molar-refractivity contribution is -0.117. The number of carbonyl (C=O) groups is 1. The number of halogens is 2. The van der Waals surface area contributed by atoms with Gasteiger partial charge in [-0.2, -0.15) is 5.10 Å². The summed E-state index contributed by atoms with van der Waals surface area (Å²) in [5.74, 6) is -0.256.